The first kappa shape index (κ1) is 15.3. The molecule has 0 aliphatic heterocycles. The van der Waals surface area contributed by atoms with E-state index in [1.54, 1.807) is 0 Å². The predicted molar refractivity (Wildman–Crippen MR) is 91.6 cm³/mol. The first-order valence-electron chi connectivity index (χ1n) is 8.26. The van der Waals surface area contributed by atoms with Crippen molar-refractivity contribution in [2.75, 3.05) is 11.9 Å². The van der Waals surface area contributed by atoms with Gasteiger partial charge in [0.05, 0.1) is 0 Å². The molecule has 21 heavy (non-hydrogen) atoms. The lowest BCUT2D eigenvalue weighted by Crippen LogP contribution is -2.40. The Morgan fingerprint density at radius 2 is 2.05 bits per heavy atom. The first-order valence-corrected chi connectivity index (χ1v) is 9.05. The summed E-state index contributed by atoms with van der Waals surface area (Å²) in [5.41, 5.74) is 1.32. The number of hydrogen-bond donors (Lipinski definition) is 1. The summed E-state index contributed by atoms with van der Waals surface area (Å²) in [5.74, 6) is 1.92. The highest BCUT2D eigenvalue weighted by Gasteiger charge is 2.27. The zero-order valence-corrected chi connectivity index (χ0v) is 14.7. The van der Waals surface area contributed by atoms with Crippen LogP contribution < -0.4 is 10.2 Å². The van der Waals surface area contributed by atoms with Crippen LogP contribution in [0.3, 0.4) is 0 Å². The quantitative estimate of drug-likeness (QED) is 0.864. The molecule has 0 amide bonds. The zero-order valence-electron chi connectivity index (χ0n) is 13.1. The molecule has 0 aromatic carbocycles. The average molecular weight is 352 g/mol. The smallest absolute Gasteiger partial charge is 0.133 e. The number of anilines is 1. The van der Waals surface area contributed by atoms with E-state index in [0.717, 1.165) is 28.8 Å². The number of aromatic nitrogens is 1. The van der Waals surface area contributed by atoms with E-state index >= 15 is 0 Å². The molecule has 0 radical (unpaired) electrons. The molecule has 0 bridgehead atoms. The Morgan fingerprint density at radius 3 is 2.76 bits per heavy atom. The van der Waals surface area contributed by atoms with Crippen molar-refractivity contribution in [3.63, 3.8) is 0 Å². The van der Waals surface area contributed by atoms with E-state index in [4.69, 9.17) is 4.98 Å². The number of pyridine rings is 1. The largest absolute Gasteiger partial charge is 0.356 e. The molecule has 116 valence electrons. The van der Waals surface area contributed by atoms with Crippen LogP contribution in [0, 0.1) is 5.92 Å². The summed E-state index contributed by atoms with van der Waals surface area (Å²) in [7, 11) is 2.23. The van der Waals surface area contributed by atoms with E-state index in [-0.39, 0.29) is 0 Å². The molecule has 2 unspecified atom stereocenters. The summed E-state index contributed by atoms with van der Waals surface area (Å²) in [4.78, 5) is 7.16. The minimum atomic E-state index is 0.632. The monoisotopic (exact) mass is 351 g/mol. The minimum absolute atomic E-state index is 0.632. The van der Waals surface area contributed by atoms with Crippen LogP contribution in [0.15, 0.2) is 16.7 Å². The maximum atomic E-state index is 4.73. The van der Waals surface area contributed by atoms with Gasteiger partial charge in [0, 0.05) is 41.9 Å². The third-order valence-electron chi connectivity index (χ3n) is 4.97. The predicted octanol–water partition coefficient (Wildman–Crippen LogP) is 4.11. The van der Waals surface area contributed by atoms with Crippen LogP contribution in [0.5, 0.6) is 0 Å². The van der Waals surface area contributed by atoms with Crippen LogP contribution in [-0.4, -0.2) is 24.1 Å². The Kier molecular flexibility index (Phi) is 4.85. The Labute approximate surface area is 136 Å². The molecule has 1 N–H and O–H groups in total. The normalized spacial score (nSPS) is 25.9. The number of rotatable bonds is 5. The van der Waals surface area contributed by atoms with Crippen molar-refractivity contribution in [2.24, 2.45) is 5.92 Å². The minimum Gasteiger partial charge on any atom is -0.356 e. The summed E-state index contributed by atoms with van der Waals surface area (Å²) in [6.45, 7) is 3.32. The van der Waals surface area contributed by atoms with Crippen molar-refractivity contribution in [2.45, 2.75) is 64.1 Å². The van der Waals surface area contributed by atoms with Crippen molar-refractivity contribution in [3.8, 4) is 0 Å². The second-order valence-corrected chi connectivity index (χ2v) is 7.65. The Bertz CT molecular complexity index is 487. The van der Waals surface area contributed by atoms with Gasteiger partial charge in [0.1, 0.15) is 5.82 Å². The van der Waals surface area contributed by atoms with Crippen LogP contribution >= 0.6 is 15.9 Å². The molecule has 2 fully saturated rings. The van der Waals surface area contributed by atoms with Crippen LogP contribution in [-0.2, 0) is 6.54 Å². The van der Waals surface area contributed by atoms with E-state index < -0.39 is 0 Å². The maximum Gasteiger partial charge on any atom is 0.133 e. The van der Waals surface area contributed by atoms with Crippen molar-refractivity contribution in [3.05, 3.63) is 22.3 Å². The van der Waals surface area contributed by atoms with Crippen LogP contribution in [0.1, 0.15) is 51.0 Å². The molecule has 1 aromatic rings. The van der Waals surface area contributed by atoms with Crippen molar-refractivity contribution >= 4 is 21.7 Å². The fourth-order valence-electron chi connectivity index (χ4n) is 3.49. The summed E-state index contributed by atoms with van der Waals surface area (Å²) in [5, 5.41) is 3.62. The van der Waals surface area contributed by atoms with E-state index in [9.17, 15) is 0 Å². The molecule has 0 spiro atoms. The summed E-state index contributed by atoms with van der Waals surface area (Å²) < 4.78 is 1.07. The summed E-state index contributed by atoms with van der Waals surface area (Å²) in [6, 6.07) is 3.59. The third-order valence-corrected chi connectivity index (χ3v) is 5.40. The summed E-state index contributed by atoms with van der Waals surface area (Å²) >= 11 is 3.57. The second-order valence-electron chi connectivity index (χ2n) is 6.73. The van der Waals surface area contributed by atoms with E-state index in [1.807, 2.05) is 6.20 Å². The molecule has 0 saturated heterocycles. The topological polar surface area (TPSA) is 28.2 Å². The van der Waals surface area contributed by atoms with Crippen LogP contribution in [0.25, 0.3) is 0 Å². The zero-order chi connectivity index (χ0) is 14.8. The number of nitrogens with zero attached hydrogens (tertiary/aromatic N) is 2. The van der Waals surface area contributed by atoms with E-state index in [2.05, 4.69) is 46.2 Å². The molecule has 2 atom stereocenters. The molecule has 2 aliphatic carbocycles. The first-order chi connectivity index (χ1) is 10.1. The van der Waals surface area contributed by atoms with Crippen LogP contribution in [0.2, 0.25) is 0 Å². The fourth-order valence-corrected chi connectivity index (χ4v) is 3.87. The van der Waals surface area contributed by atoms with Crippen molar-refractivity contribution in [1.82, 2.24) is 10.3 Å². The molecule has 1 heterocycles. The Hall–Kier alpha value is -0.610. The average Bonchev–Trinajstić information content (AvgIpc) is 3.29. The van der Waals surface area contributed by atoms with Crippen molar-refractivity contribution in [1.29, 1.82) is 0 Å². The number of hydrogen-bond acceptors (Lipinski definition) is 3. The molecule has 2 saturated carbocycles. The molecule has 3 rings (SSSR count). The van der Waals surface area contributed by atoms with Gasteiger partial charge in [0.15, 0.2) is 0 Å². The molecule has 1 aromatic heterocycles. The lowest BCUT2D eigenvalue weighted by Gasteiger charge is -2.37. The highest BCUT2D eigenvalue weighted by Crippen LogP contribution is 2.32. The Morgan fingerprint density at radius 1 is 1.29 bits per heavy atom. The fraction of sp³-hybridized carbons (Fsp3) is 0.706. The molecular weight excluding hydrogens is 326 g/mol. The van der Waals surface area contributed by atoms with E-state index in [1.165, 1.54) is 44.1 Å². The van der Waals surface area contributed by atoms with Gasteiger partial charge in [-0.2, -0.15) is 0 Å². The maximum absolute atomic E-state index is 4.73. The number of nitrogens with one attached hydrogen (secondary N) is 1. The van der Waals surface area contributed by atoms with Gasteiger partial charge in [-0.3, -0.25) is 0 Å². The van der Waals surface area contributed by atoms with E-state index in [0.29, 0.717) is 6.04 Å². The summed E-state index contributed by atoms with van der Waals surface area (Å²) in [6.07, 6.45) is 9.96. The van der Waals surface area contributed by atoms with Gasteiger partial charge in [-0.1, -0.05) is 19.8 Å². The Balaban J connectivity index is 1.78. The van der Waals surface area contributed by atoms with Gasteiger partial charge in [-0.05, 0) is 53.6 Å². The molecule has 4 heteroatoms. The van der Waals surface area contributed by atoms with Gasteiger partial charge in [0.25, 0.3) is 0 Å². The van der Waals surface area contributed by atoms with Gasteiger partial charge in [-0.15, -0.1) is 0 Å². The van der Waals surface area contributed by atoms with Gasteiger partial charge in [-0.25, -0.2) is 4.98 Å². The van der Waals surface area contributed by atoms with Gasteiger partial charge < -0.3 is 10.2 Å². The lowest BCUT2D eigenvalue weighted by atomic mass is 9.85. The third kappa shape index (κ3) is 3.78. The van der Waals surface area contributed by atoms with Gasteiger partial charge in [0.2, 0.25) is 0 Å². The second kappa shape index (κ2) is 6.66. The lowest BCUT2D eigenvalue weighted by molar-refractivity contribution is 0.320. The molecule has 2 aliphatic rings. The van der Waals surface area contributed by atoms with Crippen LogP contribution in [0.4, 0.5) is 5.82 Å². The van der Waals surface area contributed by atoms with Crippen molar-refractivity contribution < 1.29 is 0 Å². The highest BCUT2D eigenvalue weighted by molar-refractivity contribution is 9.10. The standard InChI is InChI=1S/C17H26BrN3/c1-12-5-3-4-6-16(12)21(2)17-13(9-14(18)11-20-17)10-19-15-7-8-15/h9,11-12,15-16,19H,3-8,10H2,1-2H3. The highest BCUT2D eigenvalue weighted by atomic mass is 79.9. The SMILES string of the molecule is CC1CCCCC1N(C)c1ncc(Br)cc1CNC1CC1. The molecule has 3 nitrogen and oxygen atoms in total. The molecular formula is C17H26BrN3. The van der Waals surface area contributed by atoms with Gasteiger partial charge >= 0.3 is 0 Å². The number of halogens is 1.